The van der Waals surface area contributed by atoms with Gasteiger partial charge in [-0.15, -0.1) is 0 Å². The molecule has 2 N–H and O–H groups in total. The SMILES string of the molecule is CCCOc1ccc(C(N)CN(C)C2CC2)cc1. The minimum atomic E-state index is 0.0934. The molecule has 18 heavy (non-hydrogen) atoms. The van der Waals surface area contributed by atoms with Gasteiger partial charge in [-0.25, -0.2) is 0 Å². The van der Waals surface area contributed by atoms with E-state index in [0.717, 1.165) is 31.4 Å². The number of hydrogen-bond donors (Lipinski definition) is 1. The summed E-state index contributed by atoms with van der Waals surface area (Å²) in [5.41, 5.74) is 7.42. The van der Waals surface area contributed by atoms with Gasteiger partial charge in [-0.1, -0.05) is 19.1 Å². The molecule has 1 unspecified atom stereocenters. The van der Waals surface area contributed by atoms with Crippen molar-refractivity contribution in [3.63, 3.8) is 0 Å². The van der Waals surface area contributed by atoms with Gasteiger partial charge in [-0.3, -0.25) is 0 Å². The van der Waals surface area contributed by atoms with E-state index in [1.54, 1.807) is 0 Å². The second-order valence-corrected chi connectivity index (χ2v) is 5.19. The molecule has 0 aliphatic heterocycles. The Kier molecular flexibility index (Phi) is 4.61. The number of likely N-dealkylation sites (N-methyl/N-ethyl adjacent to an activating group) is 1. The van der Waals surface area contributed by atoms with Gasteiger partial charge in [-0.05, 0) is 44.0 Å². The van der Waals surface area contributed by atoms with E-state index >= 15 is 0 Å². The van der Waals surface area contributed by atoms with Crippen LogP contribution in [-0.4, -0.2) is 31.1 Å². The Balaban J connectivity index is 1.87. The van der Waals surface area contributed by atoms with Crippen LogP contribution in [0.2, 0.25) is 0 Å². The highest BCUT2D eigenvalue weighted by Crippen LogP contribution is 2.27. The van der Waals surface area contributed by atoms with Crippen LogP contribution < -0.4 is 10.5 Å². The van der Waals surface area contributed by atoms with Crippen molar-refractivity contribution >= 4 is 0 Å². The first-order chi connectivity index (χ1) is 8.70. The van der Waals surface area contributed by atoms with Crippen LogP contribution in [0.25, 0.3) is 0 Å². The number of rotatable bonds is 7. The Morgan fingerprint density at radius 1 is 1.33 bits per heavy atom. The zero-order valence-electron chi connectivity index (χ0n) is 11.4. The van der Waals surface area contributed by atoms with Crippen molar-refractivity contribution in [2.45, 2.75) is 38.3 Å². The molecule has 1 aliphatic carbocycles. The molecule has 1 atom stereocenters. The van der Waals surface area contributed by atoms with Crippen molar-refractivity contribution in [2.75, 3.05) is 20.2 Å². The molecule has 0 amide bonds. The van der Waals surface area contributed by atoms with Gasteiger partial charge in [0.25, 0.3) is 0 Å². The maximum absolute atomic E-state index is 6.23. The molecule has 1 aromatic rings. The molecule has 0 aromatic heterocycles. The third-order valence-corrected chi connectivity index (χ3v) is 3.44. The number of ether oxygens (including phenoxy) is 1. The summed E-state index contributed by atoms with van der Waals surface area (Å²) in [6, 6.07) is 9.05. The van der Waals surface area contributed by atoms with Gasteiger partial charge < -0.3 is 15.4 Å². The van der Waals surface area contributed by atoms with Gasteiger partial charge in [0.05, 0.1) is 6.61 Å². The molecule has 2 rings (SSSR count). The molecule has 0 saturated heterocycles. The van der Waals surface area contributed by atoms with Crippen molar-refractivity contribution in [2.24, 2.45) is 5.73 Å². The first-order valence-corrected chi connectivity index (χ1v) is 6.89. The standard InChI is InChI=1S/C15H24N2O/c1-3-10-18-14-8-4-12(5-9-14)15(16)11-17(2)13-6-7-13/h4-5,8-9,13,15H,3,6-7,10-11,16H2,1-2H3. The van der Waals surface area contributed by atoms with Crippen molar-refractivity contribution in [3.8, 4) is 5.75 Å². The van der Waals surface area contributed by atoms with E-state index in [0.29, 0.717) is 0 Å². The minimum Gasteiger partial charge on any atom is -0.494 e. The highest BCUT2D eigenvalue weighted by Gasteiger charge is 2.27. The average molecular weight is 248 g/mol. The lowest BCUT2D eigenvalue weighted by Gasteiger charge is -2.21. The largest absolute Gasteiger partial charge is 0.494 e. The first kappa shape index (κ1) is 13.4. The number of nitrogens with two attached hydrogens (primary N) is 1. The second-order valence-electron chi connectivity index (χ2n) is 5.19. The Labute approximate surface area is 110 Å². The van der Waals surface area contributed by atoms with Crippen LogP contribution in [0, 0.1) is 0 Å². The van der Waals surface area contributed by atoms with Gasteiger partial charge in [0.15, 0.2) is 0 Å². The Morgan fingerprint density at radius 2 is 2.00 bits per heavy atom. The molecule has 1 aromatic carbocycles. The van der Waals surface area contributed by atoms with E-state index in [1.807, 2.05) is 12.1 Å². The first-order valence-electron chi connectivity index (χ1n) is 6.89. The predicted octanol–water partition coefficient (Wildman–Crippen LogP) is 2.57. The predicted molar refractivity (Wildman–Crippen MR) is 74.8 cm³/mol. The van der Waals surface area contributed by atoms with Gasteiger partial charge >= 0.3 is 0 Å². The Hall–Kier alpha value is -1.06. The normalized spacial score (nSPS) is 16.9. The number of benzene rings is 1. The van der Waals surface area contributed by atoms with E-state index in [9.17, 15) is 0 Å². The summed E-state index contributed by atoms with van der Waals surface area (Å²) in [6.07, 6.45) is 3.69. The fourth-order valence-electron chi connectivity index (χ4n) is 2.11. The van der Waals surface area contributed by atoms with Crippen molar-refractivity contribution in [1.82, 2.24) is 4.90 Å². The van der Waals surface area contributed by atoms with E-state index in [4.69, 9.17) is 10.5 Å². The zero-order valence-corrected chi connectivity index (χ0v) is 11.4. The fourth-order valence-corrected chi connectivity index (χ4v) is 2.11. The van der Waals surface area contributed by atoms with Crippen LogP contribution in [-0.2, 0) is 0 Å². The number of hydrogen-bond acceptors (Lipinski definition) is 3. The van der Waals surface area contributed by atoms with Crippen LogP contribution >= 0.6 is 0 Å². The summed E-state index contributed by atoms with van der Waals surface area (Å²) in [6.45, 7) is 3.81. The molecule has 1 saturated carbocycles. The van der Waals surface area contributed by atoms with Crippen molar-refractivity contribution in [1.29, 1.82) is 0 Å². The van der Waals surface area contributed by atoms with Gasteiger partial charge in [0, 0.05) is 18.6 Å². The third kappa shape index (κ3) is 3.72. The van der Waals surface area contributed by atoms with Crippen LogP contribution in [0.4, 0.5) is 0 Å². The summed E-state index contributed by atoms with van der Waals surface area (Å²) in [5.74, 6) is 0.934. The molecular formula is C15H24N2O. The molecule has 1 aliphatic rings. The lowest BCUT2D eigenvalue weighted by Crippen LogP contribution is -2.30. The fraction of sp³-hybridized carbons (Fsp3) is 0.600. The van der Waals surface area contributed by atoms with E-state index < -0.39 is 0 Å². The molecule has 0 radical (unpaired) electrons. The van der Waals surface area contributed by atoms with Crippen LogP contribution in [0.3, 0.4) is 0 Å². The van der Waals surface area contributed by atoms with Crippen LogP contribution in [0.1, 0.15) is 37.8 Å². The lowest BCUT2D eigenvalue weighted by molar-refractivity contribution is 0.302. The Morgan fingerprint density at radius 3 is 2.56 bits per heavy atom. The molecule has 0 spiro atoms. The van der Waals surface area contributed by atoms with E-state index in [1.165, 1.54) is 18.4 Å². The third-order valence-electron chi connectivity index (χ3n) is 3.44. The minimum absolute atomic E-state index is 0.0934. The monoisotopic (exact) mass is 248 g/mol. The van der Waals surface area contributed by atoms with E-state index in [2.05, 4.69) is 31.0 Å². The molecule has 3 heteroatoms. The summed E-state index contributed by atoms with van der Waals surface area (Å²) in [5, 5.41) is 0. The molecule has 1 fully saturated rings. The summed E-state index contributed by atoms with van der Waals surface area (Å²) in [7, 11) is 2.16. The molecule has 0 bridgehead atoms. The molecule has 3 nitrogen and oxygen atoms in total. The average Bonchev–Trinajstić information content (AvgIpc) is 3.21. The van der Waals surface area contributed by atoms with E-state index in [-0.39, 0.29) is 6.04 Å². The summed E-state index contributed by atoms with van der Waals surface area (Å²) >= 11 is 0. The second kappa shape index (κ2) is 6.21. The molecule has 0 heterocycles. The van der Waals surface area contributed by atoms with Crippen molar-refractivity contribution in [3.05, 3.63) is 29.8 Å². The summed E-state index contributed by atoms with van der Waals surface area (Å²) < 4.78 is 5.57. The van der Waals surface area contributed by atoms with Gasteiger partial charge in [-0.2, -0.15) is 0 Å². The smallest absolute Gasteiger partial charge is 0.119 e. The maximum atomic E-state index is 6.23. The highest BCUT2D eigenvalue weighted by atomic mass is 16.5. The maximum Gasteiger partial charge on any atom is 0.119 e. The lowest BCUT2D eigenvalue weighted by atomic mass is 10.1. The van der Waals surface area contributed by atoms with Gasteiger partial charge in [0.1, 0.15) is 5.75 Å². The van der Waals surface area contributed by atoms with Crippen LogP contribution in [0.15, 0.2) is 24.3 Å². The molecular weight excluding hydrogens is 224 g/mol. The highest BCUT2D eigenvalue weighted by molar-refractivity contribution is 5.29. The Bertz CT molecular complexity index is 359. The number of nitrogens with zero attached hydrogens (tertiary/aromatic N) is 1. The molecule has 100 valence electrons. The summed E-state index contributed by atoms with van der Waals surface area (Å²) in [4.78, 5) is 2.37. The quantitative estimate of drug-likeness (QED) is 0.806. The van der Waals surface area contributed by atoms with Gasteiger partial charge in [0.2, 0.25) is 0 Å². The van der Waals surface area contributed by atoms with Crippen LogP contribution in [0.5, 0.6) is 5.75 Å². The zero-order chi connectivity index (χ0) is 13.0. The van der Waals surface area contributed by atoms with Crippen molar-refractivity contribution < 1.29 is 4.74 Å². The topological polar surface area (TPSA) is 38.5 Å².